The molecule has 0 bridgehead atoms. The number of amides is 1. The van der Waals surface area contributed by atoms with Crippen molar-refractivity contribution in [1.29, 1.82) is 0 Å². The quantitative estimate of drug-likeness (QED) is 0.892. The highest BCUT2D eigenvalue weighted by Gasteiger charge is 2.43. The van der Waals surface area contributed by atoms with Gasteiger partial charge in [0, 0.05) is 24.8 Å². The summed E-state index contributed by atoms with van der Waals surface area (Å²) in [5.74, 6) is 0.826. The van der Waals surface area contributed by atoms with Crippen LogP contribution < -0.4 is 10.1 Å². The van der Waals surface area contributed by atoms with Gasteiger partial charge in [-0.05, 0) is 19.9 Å². The molecule has 132 valence electrons. The van der Waals surface area contributed by atoms with Crippen molar-refractivity contribution >= 4 is 17.2 Å². The van der Waals surface area contributed by atoms with Crippen LogP contribution in [0.25, 0.3) is 0 Å². The largest absolute Gasteiger partial charge is 0.487 e. The van der Waals surface area contributed by atoms with Crippen molar-refractivity contribution in [2.75, 3.05) is 13.2 Å². The van der Waals surface area contributed by atoms with E-state index in [9.17, 15) is 4.79 Å². The monoisotopic (exact) mass is 358 g/mol. The molecule has 1 amide bonds. The number of benzene rings is 1. The summed E-state index contributed by atoms with van der Waals surface area (Å²) in [5, 5.41) is 3.23. The molecule has 0 unspecified atom stereocenters. The Balaban J connectivity index is 1.66. The number of aromatic nitrogens is 1. The van der Waals surface area contributed by atoms with E-state index in [-0.39, 0.29) is 17.6 Å². The summed E-state index contributed by atoms with van der Waals surface area (Å²) in [6, 6.07) is 6.14. The Kier molecular flexibility index (Phi) is 4.25. The molecule has 1 aromatic carbocycles. The van der Waals surface area contributed by atoms with Crippen molar-refractivity contribution in [1.82, 2.24) is 10.3 Å². The Morgan fingerprint density at radius 3 is 2.84 bits per heavy atom. The number of carbonyl (C=O) groups is 1. The molecule has 3 heterocycles. The van der Waals surface area contributed by atoms with E-state index in [2.05, 4.69) is 29.4 Å². The van der Waals surface area contributed by atoms with Gasteiger partial charge < -0.3 is 14.8 Å². The lowest BCUT2D eigenvalue weighted by Crippen LogP contribution is -2.48. The molecule has 4 rings (SSSR count). The Hall–Kier alpha value is -1.92. The number of thiazole rings is 1. The molecule has 25 heavy (non-hydrogen) atoms. The van der Waals surface area contributed by atoms with Crippen LogP contribution in [0.15, 0.2) is 23.7 Å². The molecule has 5 nitrogen and oxygen atoms in total. The number of rotatable bonds is 2. The number of hydrogen-bond donors (Lipinski definition) is 1. The molecule has 1 atom stereocenters. The van der Waals surface area contributed by atoms with Crippen LogP contribution in [0.2, 0.25) is 0 Å². The minimum absolute atomic E-state index is 0.0541. The molecular formula is C19H22N2O3S. The smallest absolute Gasteiger partial charge is 0.263 e. The normalized spacial score (nSPS) is 21.4. The lowest BCUT2D eigenvalue weighted by atomic mass is 9.81. The number of hydrogen-bond acceptors (Lipinski definition) is 5. The van der Waals surface area contributed by atoms with Crippen LogP contribution in [0.1, 0.15) is 51.8 Å². The summed E-state index contributed by atoms with van der Waals surface area (Å²) in [6.45, 7) is 5.34. The van der Waals surface area contributed by atoms with E-state index in [1.807, 2.05) is 13.0 Å². The first-order valence-corrected chi connectivity index (χ1v) is 9.53. The zero-order valence-electron chi connectivity index (χ0n) is 14.5. The third kappa shape index (κ3) is 3.16. The fourth-order valence-electron chi connectivity index (χ4n) is 3.71. The molecule has 2 aliphatic rings. The van der Waals surface area contributed by atoms with E-state index in [0.29, 0.717) is 18.1 Å². The van der Waals surface area contributed by atoms with Crippen LogP contribution in [0.5, 0.6) is 5.75 Å². The topological polar surface area (TPSA) is 60.5 Å². The van der Waals surface area contributed by atoms with E-state index in [0.717, 1.165) is 36.3 Å². The summed E-state index contributed by atoms with van der Waals surface area (Å²) < 4.78 is 11.9. The van der Waals surface area contributed by atoms with E-state index in [1.165, 1.54) is 16.9 Å². The molecule has 1 fully saturated rings. The maximum Gasteiger partial charge on any atom is 0.263 e. The average molecular weight is 358 g/mol. The third-order valence-corrected chi connectivity index (χ3v) is 6.03. The molecule has 1 aromatic heterocycles. The second-order valence-corrected chi connectivity index (χ2v) is 7.79. The molecule has 2 aromatic rings. The van der Waals surface area contributed by atoms with E-state index >= 15 is 0 Å². The molecule has 0 radical (unpaired) electrons. The molecule has 1 spiro atoms. The molecule has 1 N–H and O–H groups in total. The van der Waals surface area contributed by atoms with Crippen LogP contribution in [0.3, 0.4) is 0 Å². The highest BCUT2D eigenvalue weighted by molar-refractivity contribution is 7.11. The zero-order valence-corrected chi connectivity index (χ0v) is 15.3. The molecule has 1 saturated heterocycles. The first-order valence-electron chi connectivity index (χ1n) is 8.65. The van der Waals surface area contributed by atoms with E-state index in [1.54, 1.807) is 5.51 Å². The van der Waals surface area contributed by atoms with Crippen molar-refractivity contribution < 1.29 is 14.3 Å². The first-order chi connectivity index (χ1) is 12.1. The summed E-state index contributed by atoms with van der Waals surface area (Å²) in [7, 11) is 0. The van der Waals surface area contributed by atoms with Crippen molar-refractivity contribution in [3.05, 3.63) is 45.4 Å². The van der Waals surface area contributed by atoms with Gasteiger partial charge in [-0.15, -0.1) is 11.3 Å². The first kappa shape index (κ1) is 16.5. The Morgan fingerprint density at radius 1 is 1.32 bits per heavy atom. The maximum atomic E-state index is 12.8. The van der Waals surface area contributed by atoms with Gasteiger partial charge >= 0.3 is 0 Å². The number of aryl methyl sites for hydroxylation is 2. The molecule has 6 heteroatoms. The van der Waals surface area contributed by atoms with Crippen LogP contribution in [-0.2, 0) is 4.74 Å². The number of fused-ring (bicyclic) bond motifs is 1. The number of nitrogens with zero attached hydrogens (tertiary/aromatic N) is 1. The van der Waals surface area contributed by atoms with E-state index < -0.39 is 0 Å². The third-order valence-electron chi connectivity index (χ3n) is 5.10. The highest BCUT2D eigenvalue weighted by atomic mass is 32.1. The van der Waals surface area contributed by atoms with Crippen molar-refractivity contribution in [3.63, 3.8) is 0 Å². The molecule has 2 aliphatic heterocycles. The predicted octanol–water partition coefficient (Wildman–Crippen LogP) is 3.56. The molecule has 0 aliphatic carbocycles. The summed E-state index contributed by atoms with van der Waals surface area (Å²) in [6.07, 6.45) is 2.48. The summed E-state index contributed by atoms with van der Waals surface area (Å²) >= 11 is 1.38. The Bertz CT molecular complexity index is 796. The van der Waals surface area contributed by atoms with Crippen LogP contribution in [0, 0.1) is 13.8 Å². The van der Waals surface area contributed by atoms with Crippen LogP contribution >= 0.6 is 11.3 Å². The maximum absolute atomic E-state index is 12.8. The van der Waals surface area contributed by atoms with Gasteiger partial charge in [-0.3, -0.25) is 4.79 Å². The van der Waals surface area contributed by atoms with Gasteiger partial charge in [0.2, 0.25) is 0 Å². The number of nitrogens with one attached hydrogen (secondary N) is 1. The molecule has 0 saturated carbocycles. The van der Waals surface area contributed by atoms with Gasteiger partial charge in [-0.25, -0.2) is 4.98 Å². The average Bonchev–Trinajstić information content (AvgIpc) is 3.02. The van der Waals surface area contributed by atoms with Crippen molar-refractivity contribution in [2.24, 2.45) is 0 Å². The standard InChI is InChI=1S/C19H22N2O3S/c1-12-3-4-16-14(9-12)15(10-19(24-16)5-7-23-8-6-19)21-18(22)17-13(2)20-11-25-17/h3-4,9,11,15H,5-8,10H2,1-2H3,(H,21,22)/t15-/m1/s1. The predicted molar refractivity (Wildman–Crippen MR) is 96.3 cm³/mol. The lowest BCUT2D eigenvalue weighted by molar-refractivity contribution is -0.0639. The second kappa shape index (κ2) is 6.42. The fraction of sp³-hybridized carbons (Fsp3) is 0.474. The van der Waals surface area contributed by atoms with Gasteiger partial charge in [-0.1, -0.05) is 17.7 Å². The second-order valence-electron chi connectivity index (χ2n) is 6.94. The number of ether oxygens (including phenoxy) is 2. The zero-order chi connectivity index (χ0) is 17.4. The van der Waals surface area contributed by atoms with Gasteiger partial charge in [-0.2, -0.15) is 0 Å². The number of carbonyl (C=O) groups excluding carboxylic acids is 1. The van der Waals surface area contributed by atoms with Gasteiger partial charge in [0.1, 0.15) is 16.2 Å². The van der Waals surface area contributed by atoms with Crippen LogP contribution in [-0.4, -0.2) is 29.7 Å². The lowest BCUT2D eigenvalue weighted by Gasteiger charge is -2.44. The van der Waals surface area contributed by atoms with Crippen LogP contribution in [0.4, 0.5) is 0 Å². The summed E-state index contributed by atoms with van der Waals surface area (Å²) in [5.41, 5.74) is 4.47. The van der Waals surface area contributed by atoms with E-state index in [4.69, 9.17) is 9.47 Å². The molecular weight excluding hydrogens is 336 g/mol. The summed E-state index contributed by atoms with van der Waals surface area (Å²) in [4.78, 5) is 17.6. The van der Waals surface area contributed by atoms with Crippen molar-refractivity contribution in [3.8, 4) is 5.75 Å². The fourth-order valence-corrected chi connectivity index (χ4v) is 4.42. The Morgan fingerprint density at radius 2 is 2.12 bits per heavy atom. The SMILES string of the molecule is Cc1ccc2c(c1)[C@H](NC(=O)c1scnc1C)CC1(CCOCC1)O2. The van der Waals surface area contributed by atoms with Gasteiger partial charge in [0.15, 0.2) is 0 Å². The van der Waals surface area contributed by atoms with Gasteiger partial charge in [0.25, 0.3) is 5.91 Å². The Labute approximate surface area is 151 Å². The van der Waals surface area contributed by atoms with Gasteiger partial charge in [0.05, 0.1) is 30.5 Å². The minimum Gasteiger partial charge on any atom is -0.487 e. The van der Waals surface area contributed by atoms with Crippen molar-refractivity contribution in [2.45, 2.75) is 44.8 Å². The highest BCUT2D eigenvalue weighted by Crippen LogP contribution is 2.44. The minimum atomic E-state index is -0.249.